The number of thiophene rings is 1. The zero-order valence-corrected chi connectivity index (χ0v) is 13.2. The predicted molar refractivity (Wildman–Crippen MR) is 81.5 cm³/mol. The molecule has 0 bridgehead atoms. The van der Waals surface area contributed by atoms with Crippen LogP contribution >= 0.6 is 11.3 Å². The minimum Gasteiger partial charge on any atom is -0.468 e. The van der Waals surface area contributed by atoms with Crippen LogP contribution in [0.1, 0.15) is 23.5 Å². The number of hydrogen-bond donors (Lipinski definition) is 1. The number of hydrogen-bond acceptors (Lipinski definition) is 5. The zero-order valence-electron chi connectivity index (χ0n) is 11.6. The van der Waals surface area contributed by atoms with Gasteiger partial charge in [0.1, 0.15) is 9.97 Å². The summed E-state index contributed by atoms with van der Waals surface area (Å²) in [6.07, 6.45) is 4.11. The van der Waals surface area contributed by atoms with E-state index in [2.05, 4.69) is 0 Å². The van der Waals surface area contributed by atoms with Crippen molar-refractivity contribution in [1.82, 2.24) is 4.31 Å². The quantitative estimate of drug-likeness (QED) is 0.846. The van der Waals surface area contributed by atoms with E-state index in [-0.39, 0.29) is 6.04 Å². The van der Waals surface area contributed by atoms with Gasteiger partial charge in [-0.15, -0.1) is 11.3 Å². The molecule has 5 nitrogen and oxygen atoms in total. The molecule has 0 radical (unpaired) electrons. The minimum absolute atomic E-state index is 0.0974. The van der Waals surface area contributed by atoms with Crippen LogP contribution in [0.2, 0.25) is 0 Å². The number of rotatable bonds is 7. The van der Waals surface area contributed by atoms with E-state index in [1.165, 1.54) is 11.3 Å². The highest BCUT2D eigenvalue weighted by Crippen LogP contribution is 2.35. The lowest BCUT2D eigenvalue weighted by Gasteiger charge is -2.19. The van der Waals surface area contributed by atoms with E-state index >= 15 is 0 Å². The molecule has 0 saturated heterocycles. The highest BCUT2D eigenvalue weighted by Gasteiger charge is 2.39. The molecule has 1 aliphatic carbocycles. The first-order valence-corrected chi connectivity index (χ1v) is 9.20. The standard InChI is InChI=1S/C14H18N2O3S2/c15-8-7-13-5-6-14(20-13)21(17,18)16(11-3-4-11)10-12-2-1-9-19-12/h1-2,5-6,9,11H,3-4,7-8,10,15H2. The van der Waals surface area contributed by atoms with Gasteiger partial charge in [0, 0.05) is 10.9 Å². The lowest BCUT2D eigenvalue weighted by Crippen LogP contribution is -2.32. The van der Waals surface area contributed by atoms with Gasteiger partial charge in [-0.3, -0.25) is 0 Å². The number of sulfonamides is 1. The Hall–Kier alpha value is -1.15. The normalized spacial score (nSPS) is 15.7. The largest absolute Gasteiger partial charge is 0.468 e. The summed E-state index contributed by atoms with van der Waals surface area (Å²) >= 11 is 1.31. The van der Waals surface area contributed by atoms with Crippen LogP contribution in [-0.4, -0.2) is 25.3 Å². The van der Waals surface area contributed by atoms with Crippen molar-refractivity contribution < 1.29 is 12.8 Å². The fourth-order valence-corrected chi connectivity index (χ4v) is 5.37. The van der Waals surface area contributed by atoms with Gasteiger partial charge < -0.3 is 10.2 Å². The van der Waals surface area contributed by atoms with E-state index < -0.39 is 10.0 Å². The summed E-state index contributed by atoms with van der Waals surface area (Å²) in [5.74, 6) is 0.671. The molecule has 1 saturated carbocycles. The first kappa shape index (κ1) is 14.8. The van der Waals surface area contributed by atoms with Crippen molar-refractivity contribution in [3.8, 4) is 0 Å². The van der Waals surface area contributed by atoms with Crippen LogP contribution in [0, 0.1) is 0 Å². The Bertz CT molecular complexity index is 688. The molecule has 0 amide bonds. The molecule has 1 aliphatic rings. The third-order valence-electron chi connectivity index (χ3n) is 3.44. The Balaban J connectivity index is 1.85. The van der Waals surface area contributed by atoms with Crippen molar-refractivity contribution >= 4 is 21.4 Å². The molecule has 2 heterocycles. The summed E-state index contributed by atoms with van der Waals surface area (Å²) in [5.41, 5.74) is 5.52. The molecule has 2 N–H and O–H groups in total. The van der Waals surface area contributed by atoms with Gasteiger partial charge in [0.05, 0.1) is 12.8 Å². The Morgan fingerprint density at radius 2 is 2.14 bits per heavy atom. The van der Waals surface area contributed by atoms with E-state index in [1.54, 1.807) is 28.8 Å². The lowest BCUT2D eigenvalue weighted by atomic mass is 10.3. The van der Waals surface area contributed by atoms with Gasteiger partial charge in [-0.1, -0.05) is 0 Å². The van der Waals surface area contributed by atoms with Crippen LogP contribution < -0.4 is 5.73 Å². The van der Waals surface area contributed by atoms with Crippen LogP contribution in [0.5, 0.6) is 0 Å². The predicted octanol–water partition coefficient (Wildman–Crippen LogP) is 2.20. The molecule has 2 aromatic heterocycles. The monoisotopic (exact) mass is 326 g/mol. The third-order valence-corrected chi connectivity index (χ3v) is 6.95. The highest BCUT2D eigenvalue weighted by atomic mass is 32.2. The first-order valence-electron chi connectivity index (χ1n) is 6.94. The fourth-order valence-electron chi connectivity index (χ4n) is 2.22. The maximum absolute atomic E-state index is 12.8. The summed E-state index contributed by atoms with van der Waals surface area (Å²) < 4.78 is 32.9. The Labute approximate surface area is 128 Å². The summed E-state index contributed by atoms with van der Waals surface area (Å²) in [5, 5.41) is 0. The topological polar surface area (TPSA) is 76.5 Å². The van der Waals surface area contributed by atoms with Crippen molar-refractivity contribution in [1.29, 1.82) is 0 Å². The van der Waals surface area contributed by atoms with E-state index in [0.717, 1.165) is 17.7 Å². The molecule has 0 unspecified atom stereocenters. The van der Waals surface area contributed by atoms with Crippen LogP contribution in [0.25, 0.3) is 0 Å². The van der Waals surface area contributed by atoms with Gasteiger partial charge in [0.2, 0.25) is 0 Å². The second kappa shape index (κ2) is 5.92. The van der Waals surface area contributed by atoms with Crippen molar-refractivity contribution in [3.63, 3.8) is 0 Å². The Morgan fingerprint density at radius 1 is 1.33 bits per heavy atom. The summed E-state index contributed by atoms with van der Waals surface area (Å²) in [7, 11) is -3.46. The van der Waals surface area contributed by atoms with E-state index in [1.807, 2.05) is 6.07 Å². The Kier molecular flexibility index (Phi) is 4.17. The molecule has 114 valence electrons. The van der Waals surface area contributed by atoms with Gasteiger partial charge in [0.15, 0.2) is 0 Å². The molecule has 2 aromatic rings. The average molecular weight is 326 g/mol. The maximum Gasteiger partial charge on any atom is 0.253 e. The second-order valence-corrected chi connectivity index (χ2v) is 8.41. The molecule has 0 atom stereocenters. The summed E-state index contributed by atoms with van der Waals surface area (Å²) in [4.78, 5) is 1.00. The second-order valence-electron chi connectivity index (χ2n) is 5.12. The van der Waals surface area contributed by atoms with Crippen molar-refractivity contribution in [2.75, 3.05) is 6.54 Å². The number of nitrogens with two attached hydrogens (primary N) is 1. The van der Waals surface area contributed by atoms with E-state index in [9.17, 15) is 8.42 Å². The van der Waals surface area contributed by atoms with Gasteiger partial charge in [0.25, 0.3) is 10.0 Å². The fraction of sp³-hybridized carbons (Fsp3) is 0.429. The van der Waals surface area contributed by atoms with Gasteiger partial charge in [-0.2, -0.15) is 4.31 Å². The van der Waals surface area contributed by atoms with Crippen LogP contribution in [0.4, 0.5) is 0 Å². The molecule has 1 fully saturated rings. The van der Waals surface area contributed by atoms with Crippen LogP contribution in [-0.2, 0) is 23.0 Å². The molecule has 0 aromatic carbocycles. The van der Waals surface area contributed by atoms with Crippen LogP contribution in [0.15, 0.2) is 39.2 Å². The highest BCUT2D eigenvalue weighted by molar-refractivity contribution is 7.91. The van der Waals surface area contributed by atoms with E-state index in [0.29, 0.717) is 29.5 Å². The SMILES string of the molecule is NCCc1ccc(S(=O)(=O)N(Cc2ccco2)C2CC2)s1. The molecule has 3 rings (SSSR count). The van der Waals surface area contributed by atoms with Crippen molar-refractivity contribution in [3.05, 3.63) is 41.2 Å². The third kappa shape index (κ3) is 3.21. The lowest BCUT2D eigenvalue weighted by molar-refractivity contribution is 0.357. The van der Waals surface area contributed by atoms with Gasteiger partial charge >= 0.3 is 0 Å². The van der Waals surface area contributed by atoms with Gasteiger partial charge in [-0.05, 0) is 50.1 Å². The molecule has 0 aliphatic heterocycles. The van der Waals surface area contributed by atoms with Crippen LogP contribution in [0.3, 0.4) is 0 Å². The summed E-state index contributed by atoms with van der Waals surface area (Å²) in [6, 6.07) is 7.21. The van der Waals surface area contributed by atoms with Crippen molar-refractivity contribution in [2.45, 2.75) is 36.1 Å². The molecule has 7 heteroatoms. The smallest absolute Gasteiger partial charge is 0.253 e. The van der Waals surface area contributed by atoms with Gasteiger partial charge in [-0.25, -0.2) is 8.42 Å². The summed E-state index contributed by atoms with van der Waals surface area (Å²) in [6.45, 7) is 0.822. The molecule has 0 spiro atoms. The zero-order chi connectivity index (χ0) is 14.9. The first-order chi connectivity index (χ1) is 10.1. The molecular weight excluding hydrogens is 308 g/mol. The van der Waals surface area contributed by atoms with Crippen molar-refractivity contribution in [2.24, 2.45) is 5.73 Å². The molecule has 21 heavy (non-hydrogen) atoms. The Morgan fingerprint density at radius 3 is 2.76 bits per heavy atom. The maximum atomic E-state index is 12.8. The minimum atomic E-state index is -3.46. The number of furan rings is 1. The number of nitrogens with zero attached hydrogens (tertiary/aromatic N) is 1. The van der Waals surface area contributed by atoms with E-state index in [4.69, 9.17) is 10.2 Å². The average Bonchev–Trinajstić information content (AvgIpc) is 2.96. The molecular formula is C14H18N2O3S2.